The van der Waals surface area contributed by atoms with Crippen molar-refractivity contribution in [2.45, 2.75) is 38.6 Å². The molecule has 2 nitrogen and oxygen atoms in total. The Hall–Kier alpha value is 0.110. The third-order valence-corrected chi connectivity index (χ3v) is 3.78. The molecule has 0 N–H and O–H groups in total. The number of alkyl halides is 1. The van der Waals surface area contributed by atoms with Crippen LogP contribution in [0.5, 0.6) is 0 Å². The zero-order valence-electron chi connectivity index (χ0n) is 8.67. The van der Waals surface area contributed by atoms with Gasteiger partial charge in [0.1, 0.15) is 0 Å². The molecular weight excluding hydrogens is 218 g/mol. The molecule has 0 saturated carbocycles. The number of thioether (sulfide) groups is 1. The van der Waals surface area contributed by atoms with E-state index in [2.05, 4.69) is 6.92 Å². The summed E-state index contributed by atoms with van der Waals surface area (Å²) in [5.41, 5.74) is 0. The molecule has 0 aliphatic carbocycles. The van der Waals surface area contributed by atoms with Crippen LogP contribution in [0, 0.1) is 0 Å². The number of hydrogen-bond donors (Lipinski definition) is 0. The highest BCUT2D eigenvalue weighted by Crippen LogP contribution is 2.21. The van der Waals surface area contributed by atoms with Crippen LogP contribution in [0.1, 0.15) is 32.6 Å². The summed E-state index contributed by atoms with van der Waals surface area (Å²) in [6, 6.07) is 0.430. The average Bonchev–Trinajstić information content (AvgIpc) is 2.18. The number of nitrogens with zero attached hydrogens (tertiary/aromatic N) is 1. The number of halogens is 1. The summed E-state index contributed by atoms with van der Waals surface area (Å²) in [5, 5.41) is 0.238. The topological polar surface area (TPSA) is 20.3 Å². The molecule has 1 aliphatic rings. The first-order valence-electron chi connectivity index (χ1n) is 5.25. The minimum atomic E-state index is 0.238. The van der Waals surface area contributed by atoms with E-state index in [4.69, 9.17) is 11.6 Å². The maximum atomic E-state index is 11.7. The number of likely N-dealkylation sites (tertiary alicyclic amines) is 1. The number of rotatable bonds is 3. The fourth-order valence-corrected chi connectivity index (χ4v) is 2.86. The van der Waals surface area contributed by atoms with Gasteiger partial charge in [0.2, 0.25) is 0 Å². The van der Waals surface area contributed by atoms with E-state index in [-0.39, 0.29) is 5.24 Å². The van der Waals surface area contributed by atoms with Crippen molar-refractivity contribution in [3.8, 4) is 0 Å². The average molecular weight is 236 g/mol. The third-order valence-electron chi connectivity index (χ3n) is 2.54. The van der Waals surface area contributed by atoms with Crippen molar-refractivity contribution in [2.75, 3.05) is 18.2 Å². The Morgan fingerprint density at radius 3 is 3.00 bits per heavy atom. The second kappa shape index (κ2) is 6.57. The van der Waals surface area contributed by atoms with Gasteiger partial charge in [-0.3, -0.25) is 4.79 Å². The fourth-order valence-electron chi connectivity index (χ4n) is 1.67. The molecule has 1 saturated heterocycles. The molecule has 0 aromatic heterocycles. The van der Waals surface area contributed by atoms with Crippen molar-refractivity contribution in [3.05, 3.63) is 0 Å². The minimum absolute atomic E-state index is 0.238. The van der Waals surface area contributed by atoms with Gasteiger partial charge in [0, 0.05) is 24.2 Å². The first kappa shape index (κ1) is 12.2. The molecule has 0 radical (unpaired) electrons. The highest BCUT2D eigenvalue weighted by atomic mass is 35.5. The molecule has 0 aromatic rings. The quantitative estimate of drug-likeness (QED) is 0.553. The lowest BCUT2D eigenvalue weighted by atomic mass is 10.1. The van der Waals surface area contributed by atoms with Crippen LogP contribution < -0.4 is 0 Å². The molecule has 14 heavy (non-hydrogen) atoms. The Morgan fingerprint density at radius 2 is 2.36 bits per heavy atom. The summed E-state index contributed by atoms with van der Waals surface area (Å²) < 4.78 is 0. The SMILES string of the molecule is CC1CCCCN1C(=O)SCCCCl. The van der Waals surface area contributed by atoms with E-state index in [1.165, 1.54) is 18.2 Å². The van der Waals surface area contributed by atoms with Gasteiger partial charge in [0.15, 0.2) is 0 Å². The summed E-state index contributed by atoms with van der Waals surface area (Å²) in [7, 11) is 0. The second-order valence-electron chi connectivity index (χ2n) is 3.70. The lowest BCUT2D eigenvalue weighted by molar-refractivity contribution is 0.181. The standard InChI is InChI=1S/C10H18ClNOS/c1-9-5-2-3-7-12(9)10(13)14-8-4-6-11/h9H,2-8H2,1H3. The number of hydrogen-bond acceptors (Lipinski definition) is 2. The smallest absolute Gasteiger partial charge is 0.281 e. The summed E-state index contributed by atoms with van der Waals surface area (Å²) in [5.74, 6) is 1.50. The lowest BCUT2D eigenvalue weighted by Crippen LogP contribution is -2.40. The van der Waals surface area contributed by atoms with E-state index in [9.17, 15) is 4.79 Å². The normalized spacial score (nSPS) is 22.4. The van der Waals surface area contributed by atoms with Crippen LogP contribution in [-0.2, 0) is 0 Å². The van der Waals surface area contributed by atoms with Crippen LogP contribution in [0.4, 0.5) is 4.79 Å². The van der Waals surface area contributed by atoms with E-state index in [1.54, 1.807) is 0 Å². The lowest BCUT2D eigenvalue weighted by Gasteiger charge is -2.32. The fraction of sp³-hybridized carbons (Fsp3) is 0.900. The number of carbonyl (C=O) groups excluding carboxylic acids is 1. The van der Waals surface area contributed by atoms with Gasteiger partial charge in [-0.15, -0.1) is 11.6 Å². The molecule has 1 atom stereocenters. The molecule has 4 heteroatoms. The van der Waals surface area contributed by atoms with Gasteiger partial charge < -0.3 is 4.90 Å². The minimum Gasteiger partial charge on any atom is -0.331 e. The first-order chi connectivity index (χ1) is 6.75. The Labute approximate surface area is 95.4 Å². The Bertz CT molecular complexity index is 189. The zero-order valence-corrected chi connectivity index (χ0v) is 10.2. The monoisotopic (exact) mass is 235 g/mol. The van der Waals surface area contributed by atoms with Gasteiger partial charge in [-0.25, -0.2) is 0 Å². The van der Waals surface area contributed by atoms with Crippen molar-refractivity contribution in [2.24, 2.45) is 0 Å². The molecular formula is C10H18ClNOS. The van der Waals surface area contributed by atoms with Gasteiger partial charge in [-0.2, -0.15) is 0 Å². The van der Waals surface area contributed by atoms with Crippen molar-refractivity contribution in [1.29, 1.82) is 0 Å². The molecule has 1 rings (SSSR count). The molecule has 1 amide bonds. The van der Waals surface area contributed by atoms with E-state index < -0.39 is 0 Å². The van der Waals surface area contributed by atoms with Crippen molar-refractivity contribution in [3.63, 3.8) is 0 Å². The van der Waals surface area contributed by atoms with Crippen LogP contribution in [0.2, 0.25) is 0 Å². The van der Waals surface area contributed by atoms with E-state index in [0.717, 1.165) is 31.6 Å². The Balaban J connectivity index is 2.27. The third kappa shape index (κ3) is 3.70. The molecule has 1 unspecified atom stereocenters. The molecule has 1 heterocycles. The van der Waals surface area contributed by atoms with Crippen molar-refractivity contribution < 1.29 is 4.79 Å². The number of amides is 1. The van der Waals surface area contributed by atoms with Gasteiger partial charge in [0.25, 0.3) is 5.24 Å². The summed E-state index contributed by atoms with van der Waals surface area (Å²) in [6.45, 7) is 3.08. The van der Waals surface area contributed by atoms with Gasteiger partial charge in [0.05, 0.1) is 0 Å². The van der Waals surface area contributed by atoms with Crippen LogP contribution >= 0.6 is 23.4 Å². The second-order valence-corrected chi connectivity index (χ2v) is 5.12. The maximum absolute atomic E-state index is 11.7. The zero-order chi connectivity index (χ0) is 10.4. The first-order valence-corrected chi connectivity index (χ1v) is 6.77. The van der Waals surface area contributed by atoms with E-state index in [0.29, 0.717) is 11.9 Å². The highest BCUT2D eigenvalue weighted by Gasteiger charge is 2.22. The van der Waals surface area contributed by atoms with Gasteiger partial charge in [-0.05, 0) is 32.6 Å². The Morgan fingerprint density at radius 1 is 1.57 bits per heavy atom. The summed E-state index contributed by atoms with van der Waals surface area (Å²) >= 11 is 6.98. The molecule has 1 aliphatic heterocycles. The molecule has 0 spiro atoms. The predicted octanol–water partition coefficient (Wildman–Crippen LogP) is 3.34. The summed E-state index contributed by atoms with van der Waals surface area (Å²) in [4.78, 5) is 13.7. The van der Waals surface area contributed by atoms with Crippen LogP contribution in [0.15, 0.2) is 0 Å². The van der Waals surface area contributed by atoms with Crippen LogP contribution in [-0.4, -0.2) is 34.4 Å². The van der Waals surface area contributed by atoms with Gasteiger partial charge in [-0.1, -0.05) is 11.8 Å². The number of piperidine rings is 1. The Kier molecular flexibility index (Phi) is 5.71. The van der Waals surface area contributed by atoms with Gasteiger partial charge >= 0.3 is 0 Å². The molecule has 82 valence electrons. The summed E-state index contributed by atoms with van der Waals surface area (Å²) in [6.07, 6.45) is 4.49. The predicted molar refractivity (Wildman–Crippen MR) is 63.2 cm³/mol. The highest BCUT2D eigenvalue weighted by molar-refractivity contribution is 8.13. The van der Waals surface area contributed by atoms with Crippen LogP contribution in [0.25, 0.3) is 0 Å². The largest absolute Gasteiger partial charge is 0.331 e. The maximum Gasteiger partial charge on any atom is 0.281 e. The van der Waals surface area contributed by atoms with E-state index in [1.807, 2.05) is 4.90 Å². The van der Waals surface area contributed by atoms with E-state index >= 15 is 0 Å². The molecule has 0 aromatic carbocycles. The molecule has 0 bridgehead atoms. The molecule has 1 fully saturated rings. The van der Waals surface area contributed by atoms with Crippen molar-refractivity contribution >= 4 is 28.6 Å². The number of carbonyl (C=O) groups is 1. The van der Waals surface area contributed by atoms with Crippen LogP contribution in [0.3, 0.4) is 0 Å². The van der Waals surface area contributed by atoms with Crippen molar-refractivity contribution in [1.82, 2.24) is 4.90 Å².